The van der Waals surface area contributed by atoms with E-state index in [2.05, 4.69) is 24.3 Å². The fourth-order valence-corrected chi connectivity index (χ4v) is 3.83. The van der Waals surface area contributed by atoms with Gasteiger partial charge in [-0.1, -0.05) is 19.9 Å². The molecule has 152 valence electrons. The lowest BCUT2D eigenvalue weighted by molar-refractivity contribution is 0.0819. The molecule has 1 atom stereocenters. The largest absolute Gasteiger partial charge is 0.343 e. The van der Waals surface area contributed by atoms with E-state index in [-0.39, 0.29) is 17.8 Å². The van der Waals surface area contributed by atoms with Gasteiger partial charge in [0.2, 0.25) is 0 Å². The Morgan fingerprint density at radius 3 is 2.82 bits per heavy atom. The molecule has 1 unspecified atom stereocenters. The molecule has 1 aliphatic rings. The van der Waals surface area contributed by atoms with E-state index in [0.717, 1.165) is 42.5 Å². The Morgan fingerprint density at radius 1 is 1.39 bits per heavy atom. The van der Waals surface area contributed by atoms with E-state index in [1.54, 1.807) is 25.1 Å². The first kappa shape index (κ1) is 20.5. The van der Waals surface area contributed by atoms with Crippen LogP contribution in [0.1, 0.15) is 53.1 Å². The molecule has 0 saturated heterocycles. The lowest BCUT2D eigenvalue weighted by Crippen LogP contribution is -2.35. The maximum absolute atomic E-state index is 13.6. The summed E-state index contributed by atoms with van der Waals surface area (Å²) in [4.78, 5) is 14.3. The van der Waals surface area contributed by atoms with Gasteiger partial charge >= 0.3 is 0 Å². The summed E-state index contributed by atoms with van der Waals surface area (Å²) in [5.74, 6) is 0.223. The van der Waals surface area contributed by atoms with Gasteiger partial charge in [-0.05, 0) is 55.4 Å². The molecule has 28 heavy (non-hydrogen) atoms. The molecule has 1 aromatic carbocycles. The third-order valence-electron chi connectivity index (χ3n) is 5.39. The Hall–Kier alpha value is -2.21. The van der Waals surface area contributed by atoms with Crippen LogP contribution in [0, 0.1) is 18.7 Å². The van der Waals surface area contributed by atoms with Crippen LogP contribution in [0.4, 0.5) is 4.39 Å². The van der Waals surface area contributed by atoms with Crippen molar-refractivity contribution in [3.05, 3.63) is 52.1 Å². The summed E-state index contributed by atoms with van der Waals surface area (Å²) in [6, 6.07) is 5.15. The second kappa shape index (κ2) is 8.43. The number of hydrogen-bond acceptors (Lipinski definition) is 3. The van der Waals surface area contributed by atoms with Crippen molar-refractivity contribution < 1.29 is 9.18 Å². The van der Waals surface area contributed by atoms with E-state index in [0.29, 0.717) is 18.2 Å². The van der Waals surface area contributed by atoms with Crippen LogP contribution < -0.4 is 5.32 Å². The minimum absolute atomic E-state index is 0.0413. The fourth-order valence-electron chi connectivity index (χ4n) is 3.83. The number of carbonyl (C=O) groups excluding carboxylic acids is 1. The van der Waals surface area contributed by atoms with Crippen molar-refractivity contribution >= 4 is 5.91 Å². The van der Waals surface area contributed by atoms with Gasteiger partial charge < -0.3 is 10.2 Å². The number of fused-ring (bicyclic) bond motifs is 1. The number of nitrogens with one attached hydrogen (secondary N) is 1. The monoisotopic (exact) mass is 386 g/mol. The second-order valence-corrected chi connectivity index (χ2v) is 8.44. The average molecular weight is 387 g/mol. The van der Waals surface area contributed by atoms with Gasteiger partial charge in [-0.15, -0.1) is 0 Å². The van der Waals surface area contributed by atoms with Crippen LogP contribution in [0.5, 0.6) is 0 Å². The SMILES string of the molecule is Cc1ccc(F)cc1CNC1CCc2c(c(C(=O)N(C)C)nn2CC(C)C)C1. The molecule has 1 aliphatic carbocycles. The quantitative estimate of drug-likeness (QED) is 0.828. The molecule has 0 bridgehead atoms. The van der Waals surface area contributed by atoms with Gasteiger partial charge in [0, 0.05) is 44.5 Å². The molecule has 6 heteroatoms. The van der Waals surface area contributed by atoms with Crippen LogP contribution in [-0.2, 0) is 25.9 Å². The number of carbonyl (C=O) groups is 1. The third kappa shape index (κ3) is 4.43. The highest BCUT2D eigenvalue weighted by atomic mass is 19.1. The normalized spacial score (nSPS) is 16.3. The van der Waals surface area contributed by atoms with Gasteiger partial charge in [-0.2, -0.15) is 5.10 Å². The summed E-state index contributed by atoms with van der Waals surface area (Å²) in [7, 11) is 3.53. The predicted molar refractivity (Wildman–Crippen MR) is 109 cm³/mol. The molecule has 0 fully saturated rings. The second-order valence-electron chi connectivity index (χ2n) is 8.44. The lowest BCUT2D eigenvalue weighted by Gasteiger charge is -2.25. The summed E-state index contributed by atoms with van der Waals surface area (Å²) < 4.78 is 15.6. The zero-order valence-electron chi connectivity index (χ0n) is 17.6. The summed E-state index contributed by atoms with van der Waals surface area (Å²) >= 11 is 0. The predicted octanol–water partition coefficient (Wildman–Crippen LogP) is 3.34. The van der Waals surface area contributed by atoms with Gasteiger partial charge in [-0.3, -0.25) is 9.48 Å². The molecule has 3 rings (SSSR count). The Morgan fingerprint density at radius 2 is 2.14 bits per heavy atom. The maximum atomic E-state index is 13.6. The first-order chi connectivity index (χ1) is 13.3. The molecular formula is C22H31FN4O. The highest BCUT2D eigenvalue weighted by Crippen LogP contribution is 2.27. The highest BCUT2D eigenvalue weighted by molar-refractivity contribution is 5.93. The summed E-state index contributed by atoms with van der Waals surface area (Å²) in [5.41, 5.74) is 4.90. The zero-order chi connectivity index (χ0) is 20.4. The van der Waals surface area contributed by atoms with Crippen LogP contribution in [0.25, 0.3) is 0 Å². The van der Waals surface area contributed by atoms with Crippen molar-refractivity contribution in [2.75, 3.05) is 14.1 Å². The van der Waals surface area contributed by atoms with Crippen molar-refractivity contribution in [3.63, 3.8) is 0 Å². The molecule has 2 aromatic rings. The van der Waals surface area contributed by atoms with Crippen LogP contribution >= 0.6 is 0 Å². The summed E-state index contributed by atoms with van der Waals surface area (Å²) in [6.45, 7) is 7.77. The van der Waals surface area contributed by atoms with Gasteiger partial charge in [-0.25, -0.2) is 4.39 Å². The summed E-state index contributed by atoms with van der Waals surface area (Å²) in [6.07, 6.45) is 2.66. The van der Waals surface area contributed by atoms with Crippen LogP contribution in [0.2, 0.25) is 0 Å². The Bertz CT molecular complexity index is 856. The van der Waals surface area contributed by atoms with Crippen LogP contribution in [0.3, 0.4) is 0 Å². The molecule has 1 amide bonds. The highest BCUT2D eigenvalue weighted by Gasteiger charge is 2.29. The molecule has 5 nitrogen and oxygen atoms in total. The standard InChI is InChI=1S/C22H31FN4O/c1-14(2)13-27-20-9-8-18(11-19(20)21(25-27)22(28)26(4)5)24-12-16-10-17(23)7-6-15(16)3/h6-7,10,14,18,24H,8-9,11-13H2,1-5H3. The number of aromatic nitrogens is 2. The van der Waals surface area contributed by atoms with E-state index >= 15 is 0 Å². The lowest BCUT2D eigenvalue weighted by atomic mass is 9.90. The average Bonchev–Trinajstić information content (AvgIpc) is 2.98. The number of aryl methyl sites for hydroxylation is 1. The van der Waals surface area contributed by atoms with Gasteiger partial charge in [0.05, 0.1) is 0 Å². The molecular weight excluding hydrogens is 355 g/mol. The molecule has 1 heterocycles. The number of rotatable bonds is 6. The zero-order valence-corrected chi connectivity index (χ0v) is 17.6. The fraction of sp³-hybridized carbons (Fsp3) is 0.545. The Kier molecular flexibility index (Phi) is 6.18. The number of benzene rings is 1. The maximum Gasteiger partial charge on any atom is 0.274 e. The van der Waals surface area contributed by atoms with Crippen molar-refractivity contribution in [1.29, 1.82) is 0 Å². The number of nitrogens with zero attached hydrogens (tertiary/aromatic N) is 3. The van der Waals surface area contributed by atoms with Crippen molar-refractivity contribution in [2.45, 2.75) is 59.2 Å². The van der Waals surface area contributed by atoms with Crippen LogP contribution in [-0.4, -0.2) is 40.7 Å². The molecule has 0 radical (unpaired) electrons. The van der Waals surface area contributed by atoms with E-state index < -0.39 is 0 Å². The minimum atomic E-state index is -0.206. The Balaban J connectivity index is 1.79. The van der Waals surface area contributed by atoms with E-state index in [1.165, 1.54) is 11.8 Å². The third-order valence-corrected chi connectivity index (χ3v) is 5.39. The summed E-state index contributed by atoms with van der Waals surface area (Å²) in [5, 5.41) is 8.24. The first-order valence-electron chi connectivity index (χ1n) is 10.0. The van der Waals surface area contributed by atoms with E-state index in [1.807, 2.05) is 17.7 Å². The van der Waals surface area contributed by atoms with Crippen LogP contribution in [0.15, 0.2) is 18.2 Å². The van der Waals surface area contributed by atoms with Crippen molar-refractivity contribution in [3.8, 4) is 0 Å². The molecule has 0 spiro atoms. The van der Waals surface area contributed by atoms with Crippen molar-refractivity contribution in [2.24, 2.45) is 5.92 Å². The molecule has 0 aliphatic heterocycles. The Labute approximate surface area is 166 Å². The van der Waals surface area contributed by atoms with Gasteiger partial charge in [0.15, 0.2) is 5.69 Å². The van der Waals surface area contributed by atoms with Crippen molar-refractivity contribution in [1.82, 2.24) is 20.0 Å². The molecule has 0 saturated carbocycles. The number of halogens is 1. The van der Waals surface area contributed by atoms with Gasteiger partial charge in [0.25, 0.3) is 5.91 Å². The minimum Gasteiger partial charge on any atom is -0.343 e. The first-order valence-corrected chi connectivity index (χ1v) is 10.0. The van der Waals surface area contributed by atoms with E-state index in [4.69, 9.17) is 0 Å². The van der Waals surface area contributed by atoms with E-state index in [9.17, 15) is 9.18 Å². The molecule has 1 aromatic heterocycles. The topological polar surface area (TPSA) is 50.2 Å². The number of amides is 1. The molecule has 1 N–H and O–H groups in total. The van der Waals surface area contributed by atoms with Gasteiger partial charge in [0.1, 0.15) is 5.82 Å². The smallest absolute Gasteiger partial charge is 0.274 e. The number of hydrogen-bond donors (Lipinski definition) is 1.